The fourth-order valence-corrected chi connectivity index (χ4v) is 4.48. The third kappa shape index (κ3) is 6.17. The highest BCUT2D eigenvalue weighted by molar-refractivity contribution is 6.29. The monoisotopic (exact) mass is 555 g/mol. The van der Waals surface area contributed by atoms with E-state index in [-0.39, 0.29) is 36.8 Å². The molecule has 3 aromatic rings. The Morgan fingerprint density at radius 1 is 1.18 bits per heavy atom. The molecule has 2 unspecified atom stereocenters. The number of anilines is 1. The van der Waals surface area contributed by atoms with Crippen LogP contribution in [-0.4, -0.2) is 81.4 Å². The van der Waals surface area contributed by atoms with Crippen molar-refractivity contribution in [3.05, 3.63) is 53.7 Å². The summed E-state index contributed by atoms with van der Waals surface area (Å²) in [6.07, 6.45) is 4.79. The van der Waals surface area contributed by atoms with Crippen LogP contribution in [0.1, 0.15) is 25.8 Å². The van der Waals surface area contributed by atoms with Crippen LogP contribution in [0.3, 0.4) is 0 Å². The SMILES string of the molecule is CCC(C)OC(=O)N1CCN(c2cc(Cl)nc(-n3ccnc3)n2)CC1C(=O)NCc1ccc2c(c1)OCCO2. The lowest BCUT2D eigenvalue weighted by atomic mass is 10.1. The molecule has 1 N–H and O–H groups in total. The van der Waals surface area contributed by atoms with Gasteiger partial charge >= 0.3 is 6.09 Å². The van der Waals surface area contributed by atoms with Crippen LogP contribution in [0.4, 0.5) is 10.6 Å². The Balaban J connectivity index is 1.34. The Morgan fingerprint density at radius 2 is 2.00 bits per heavy atom. The van der Waals surface area contributed by atoms with E-state index in [2.05, 4.69) is 20.3 Å². The van der Waals surface area contributed by atoms with Gasteiger partial charge in [-0.1, -0.05) is 24.6 Å². The summed E-state index contributed by atoms with van der Waals surface area (Å²) in [4.78, 5) is 42.9. The predicted molar refractivity (Wildman–Crippen MR) is 142 cm³/mol. The number of hydrogen-bond acceptors (Lipinski definition) is 9. The number of nitrogens with one attached hydrogen (secondary N) is 1. The first kappa shape index (κ1) is 26.5. The standard InChI is InChI=1S/C26H30ClN7O5/c1-3-17(2)39-26(36)34-9-8-32(23-13-22(27)30-25(31-23)33-7-6-28-16-33)15-19(34)24(35)29-14-18-4-5-20-21(12-18)38-11-10-37-20/h4-7,12-13,16-17,19H,3,8-11,14-15H2,1-2H3,(H,29,35). The normalized spacial score (nSPS) is 17.5. The Kier molecular flexibility index (Phi) is 8.01. The zero-order valence-electron chi connectivity index (χ0n) is 21.7. The number of nitrogens with zero attached hydrogens (tertiary/aromatic N) is 6. The summed E-state index contributed by atoms with van der Waals surface area (Å²) < 4.78 is 18.4. The molecule has 4 heterocycles. The maximum atomic E-state index is 13.5. The number of hydrogen-bond donors (Lipinski definition) is 1. The highest BCUT2D eigenvalue weighted by atomic mass is 35.5. The van der Waals surface area contributed by atoms with Crippen LogP contribution in [0, 0.1) is 0 Å². The van der Waals surface area contributed by atoms with Crippen molar-refractivity contribution in [2.75, 3.05) is 37.7 Å². The maximum Gasteiger partial charge on any atom is 0.410 e. The summed E-state index contributed by atoms with van der Waals surface area (Å²) in [7, 11) is 0. The smallest absolute Gasteiger partial charge is 0.410 e. The molecule has 206 valence electrons. The van der Waals surface area contributed by atoms with Gasteiger partial charge in [-0.15, -0.1) is 0 Å². The van der Waals surface area contributed by atoms with Crippen molar-refractivity contribution in [3.63, 3.8) is 0 Å². The first-order chi connectivity index (χ1) is 18.9. The third-order valence-electron chi connectivity index (χ3n) is 6.60. The van der Waals surface area contributed by atoms with Gasteiger partial charge in [0.25, 0.3) is 0 Å². The minimum Gasteiger partial charge on any atom is -0.486 e. The van der Waals surface area contributed by atoms with Crippen LogP contribution in [-0.2, 0) is 16.1 Å². The van der Waals surface area contributed by atoms with Crippen LogP contribution in [0.25, 0.3) is 5.95 Å². The Morgan fingerprint density at radius 3 is 2.77 bits per heavy atom. The van der Waals surface area contributed by atoms with Crippen molar-refractivity contribution in [2.24, 2.45) is 0 Å². The fraction of sp³-hybridized carbons (Fsp3) is 0.423. The van der Waals surface area contributed by atoms with E-state index >= 15 is 0 Å². The zero-order valence-corrected chi connectivity index (χ0v) is 22.5. The molecule has 2 atom stereocenters. The van der Waals surface area contributed by atoms with Gasteiger partial charge in [0.2, 0.25) is 11.9 Å². The van der Waals surface area contributed by atoms with Gasteiger partial charge in [-0.25, -0.2) is 14.8 Å². The van der Waals surface area contributed by atoms with Gasteiger partial charge < -0.3 is 24.4 Å². The summed E-state index contributed by atoms with van der Waals surface area (Å²) in [6, 6.07) is 6.36. The van der Waals surface area contributed by atoms with Crippen molar-refractivity contribution >= 4 is 29.4 Å². The second-order valence-corrected chi connectivity index (χ2v) is 9.66. The quantitative estimate of drug-likeness (QED) is 0.438. The number of imidazole rings is 1. The lowest BCUT2D eigenvalue weighted by Crippen LogP contribution is -2.61. The van der Waals surface area contributed by atoms with E-state index in [9.17, 15) is 9.59 Å². The summed E-state index contributed by atoms with van der Waals surface area (Å²) in [6.45, 7) is 5.88. The van der Waals surface area contributed by atoms with Crippen LogP contribution in [0.15, 0.2) is 43.0 Å². The maximum absolute atomic E-state index is 13.5. The lowest BCUT2D eigenvalue weighted by Gasteiger charge is -2.40. The Hall–Kier alpha value is -4.06. The van der Waals surface area contributed by atoms with Gasteiger partial charge in [-0.2, -0.15) is 4.98 Å². The number of carbonyl (C=O) groups is 2. The van der Waals surface area contributed by atoms with Gasteiger partial charge in [0.05, 0.1) is 0 Å². The van der Waals surface area contributed by atoms with Gasteiger partial charge in [0, 0.05) is 44.6 Å². The molecule has 0 saturated carbocycles. The number of amides is 2. The molecule has 1 saturated heterocycles. The predicted octanol–water partition coefficient (Wildman–Crippen LogP) is 2.83. The molecule has 5 rings (SSSR count). The highest BCUT2D eigenvalue weighted by Gasteiger charge is 2.37. The summed E-state index contributed by atoms with van der Waals surface area (Å²) in [5.41, 5.74) is 0.849. The largest absolute Gasteiger partial charge is 0.486 e. The van der Waals surface area contributed by atoms with E-state index in [1.165, 1.54) is 4.90 Å². The number of fused-ring (bicyclic) bond motifs is 1. The molecule has 39 heavy (non-hydrogen) atoms. The van der Waals surface area contributed by atoms with E-state index in [1.54, 1.807) is 29.4 Å². The van der Waals surface area contributed by atoms with E-state index in [0.29, 0.717) is 49.4 Å². The number of benzene rings is 1. The first-order valence-electron chi connectivity index (χ1n) is 12.8. The van der Waals surface area contributed by atoms with Crippen molar-refractivity contribution < 1.29 is 23.8 Å². The topological polar surface area (TPSA) is 124 Å². The fourth-order valence-electron chi connectivity index (χ4n) is 4.31. The van der Waals surface area contributed by atoms with E-state index in [0.717, 1.165) is 5.56 Å². The van der Waals surface area contributed by atoms with Gasteiger partial charge in [-0.05, 0) is 31.0 Å². The number of carbonyl (C=O) groups excluding carboxylic acids is 2. The van der Waals surface area contributed by atoms with Gasteiger partial charge in [-0.3, -0.25) is 14.3 Å². The van der Waals surface area contributed by atoms with Crippen LogP contribution in [0.5, 0.6) is 11.5 Å². The molecule has 2 aliphatic rings. The first-order valence-corrected chi connectivity index (χ1v) is 13.2. The van der Waals surface area contributed by atoms with Crippen LogP contribution in [0.2, 0.25) is 5.15 Å². The average Bonchev–Trinajstić information content (AvgIpc) is 3.50. The number of ether oxygens (including phenoxy) is 3. The summed E-state index contributed by atoms with van der Waals surface area (Å²) in [5, 5.41) is 3.21. The van der Waals surface area contributed by atoms with Crippen molar-refractivity contribution in [1.29, 1.82) is 0 Å². The molecular weight excluding hydrogens is 526 g/mol. The van der Waals surface area contributed by atoms with Crippen LogP contribution >= 0.6 is 11.6 Å². The lowest BCUT2D eigenvalue weighted by molar-refractivity contribution is -0.126. The van der Waals surface area contributed by atoms with Crippen molar-refractivity contribution in [1.82, 2.24) is 29.7 Å². The minimum atomic E-state index is -0.821. The Labute approximate surface area is 230 Å². The molecule has 13 heteroatoms. The minimum absolute atomic E-state index is 0.194. The molecule has 2 amide bonds. The molecule has 12 nitrogen and oxygen atoms in total. The molecule has 0 radical (unpaired) electrons. The van der Waals surface area contributed by atoms with Crippen molar-refractivity contribution in [2.45, 2.75) is 39.0 Å². The summed E-state index contributed by atoms with van der Waals surface area (Å²) in [5.74, 6) is 1.90. The van der Waals surface area contributed by atoms with E-state index in [4.69, 9.17) is 25.8 Å². The number of halogens is 1. The third-order valence-corrected chi connectivity index (χ3v) is 6.79. The summed E-state index contributed by atoms with van der Waals surface area (Å²) >= 11 is 6.31. The average molecular weight is 556 g/mol. The van der Waals surface area contributed by atoms with Gasteiger partial charge in [0.1, 0.15) is 42.7 Å². The van der Waals surface area contributed by atoms with E-state index in [1.807, 2.05) is 36.9 Å². The number of aromatic nitrogens is 4. The molecule has 0 aliphatic carbocycles. The molecule has 2 aromatic heterocycles. The second kappa shape index (κ2) is 11.8. The molecular formula is C26H30ClN7O5. The zero-order chi connectivity index (χ0) is 27.4. The van der Waals surface area contributed by atoms with Crippen molar-refractivity contribution in [3.8, 4) is 17.4 Å². The van der Waals surface area contributed by atoms with Gasteiger partial charge in [0.15, 0.2) is 11.5 Å². The molecule has 2 aliphatic heterocycles. The number of rotatable bonds is 7. The molecule has 1 fully saturated rings. The molecule has 0 bridgehead atoms. The molecule has 1 aromatic carbocycles. The highest BCUT2D eigenvalue weighted by Crippen LogP contribution is 2.30. The molecule has 0 spiro atoms. The number of piperazine rings is 1. The van der Waals surface area contributed by atoms with Crippen LogP contribution < -0.4 is 19.7 Å². The Bertz CT molecular complexity index is 1320. The second-order valence-electron chi connectivity index (χ2n) is 9.27. The van der Waals surface area contributed by atoms with E-state index < -0.39 is 12.1 Å².